The molecule has 1 fully saturated rings. The number of nitrogens with two attached hydrogens (primary N) is 1. The Kier molecular flexibility index (Phi) is 8.16. The molecule has 0 amide bonds. The molecule has 0 bridgehead atoms. The summed E-state index contributed by atoms with van der Waals surface area (Å²) in [5, 5.41) is 10.9. The number of rotatable bonds is 9. The van der Waals surface area contributed by atoms with Crippen molar-refractivity contribution in [2.75, 3.05) is 39.1 Å². The van der Waals surface area contributed by atoms with E-state index in [2.05, 4.69) is 17.0 Å². The van der Waals surface area contributed by atoms with Crippen LogP contribution in [0.1, 0.15) is 24.3 Å². The van der Waals surface area contributed by atoms with Crippen molar-refractivity contribution in [2.45, 2.75) is 24.9 Å². The van der Waals surface area contributed by atoms with Gasteiger partial charge < -0.3 is 30.0 Å². The Morgan fingerprint density at radius 3 is 2.35 bits per heavy atom. The van der Waals surface area contributed by atoms with Gasteiger partial charge in [0.25, 0.3) is 0 Å². The van der Waals surface area contributed by atoms with Crippen molar-refractivity contribution in [3.05, 3.63) is 77.3 Å². The number of β-amino-alcohol motifs (C(OH)–C–C–N with tert-alkyl or cyclic N) is 1. The van der Waals surface area contributed by atoms with Crippen LogP contribution >= 0.6 is 11.6 Å². The summed E-state index contributed by atoms with van der Waals surface area (Å²) in [6, 6.07) is 21.4. The van der Waals surface area contributed by atoms with Gasteiger partial charge in [-0.1, -0.05) is 41.9 Å². The third kappa shape index (κ3) is 6.35. The number of nitrogens with zero attached hydrogens (tertiary/aromatic N) is 1. The van der Waals surface area contributed by atoms with Gasteiger partial charge in [0, 0.05) is 18.7 Å². The summed E-state index contributed by atoms with van der Waals surface area (Å²) in [6.07, 6.45) is 1.48. The monoisotopic (exact) mass is 482 g/mol. The molecule has 3 aromatic rings. The number of aliphatic hydroxyl groups is 1. The zero-order valence-corrected chi connectivity index (χ0v) is 20.1. The first kappa shape index (κ1) is 24.2. The maximum atomic E-state index is 10.5. The second-order valence-corrected chi connectivity index (χ2v) is 8.96. The lowest BCUT2D eigenvalue weighted by atomic mass is 9.89. The van der Waals surface area contributed by atoms with E-state index >= 15 is 0 Å². The van der Waals surface area contributed by atoms with Crippen LogP contribution in [0.3, 0.4) is 0 Å². The van der Waals surface area contributed by atoms with Gasteiger partial charge in [0.15, 0.2) is 11.5 Å². The Labute approximate surface area is 205 Å². The summed E-state index contributed by atoms with van der Waals surface area (Å²) in [7, 11) is 1.54. The van der Waals surface area contributed by atoms with Crippen LogP contribution in [0.5, 0.6) is 23.0 Å². The Morgan fingerprint density at radius 2 is 1.68 bits per heavy atom. The number of aliphatic hydroxyl groups excluding tert-OH is 1. The average molecular weight is 483 g/mol. The van der Waals surface area contributed by atoms with Crippen molar-refractivity contribution in [1.29, 1.82) is 0 Å². The molecule has 1 aliphatic rings. The van der Waals surface area contributed by atoms with Crippen LogP contribution in [-0.2, 0) is 0 Å². The summed E-state index contributed by atoms with van der Waals surface area (Å²) in [6.45, 7) is 2.57. The van der Waals surface area contributed by atoms with Gasteiger partial charge in [-0.3, -0.25) is 0 Å². The predicted molar refractivity (Wildman–Crippen MR) is 135 cm³/mol. The molecule has 0 aliphatic carbocycles. The number of anilines is 1. The van der Waals surface area contributed by atoms with Gasteiger partial charge in [0.1, 0.15) is 24.2 Å². The highest BCUT2D eigenvalue weighted by Crippen LogP contribution is 2.35. The van der Waals surface area contributed by atoms with Gasteiger partial charge in [-0.05, 0) is 61.7 Å². The SMILES string of the molecule is COc1cc(Cl)c(N)cc1OCC(O)CN1CCC(c2ccc(Oc3ccccc3)cc2)CC1. The van der Waals surface area contributed by atoms with E-state index in [1.165, 1.54) is 5.56 Å². The second kappa shape index (κ2) is 11.5. The molecule has 7 heteroatoms. The predicted octanol–water partition coefficient (Wildman–Crippen LogP) is 5.34. The molecule has 6 nitrogen and oxygen atoms in total. The number of piperidine rings is 1. The van der Waals surface area contributed by atoms with Gasteiger partial charge in [0.05, 0.1) is 17.8 Å². The number of likely N-dealkylation sites (tertiary alicyclic amines) is 1. The van der Waals surface area contributed by atoms with E-state index in [9.17, 15) is 5.11 Å². The Bertz CT molecular complexity index is 1050. The molecule has 180 valence electrons. The Morgan fingerprint density at radius 1 is 1.00 bits per heavy atom. The number of halogens is 1. The fraction of sp³-hybridized carbons (Fsp3) is 0.333. The van der Waals surface area contributed by atoms with E-state index in [-0.39, 0.29) is 6.61 Å². The molecule has 1 heterocycles. The summed E-state index contributed by atoms with van der Waals surface area (Å²) in [4.78, 5) is 2.28. The largest absolute Gasteiger partial charge is 0.493 e. The van der Waals surface area contributed by atoms with Gasteiger partial charge in [0.2, 0.25) is 0 Å². The Balaban J connectivity index is 1.23. The molecule has 34 heavy (non-hydrogen) atoms. The van der Waals surface area contributed by atoms with Gasteiger partial charge in [-0.2, -0.15) is 0 Å². The van der Waals surface area contributed by atoms with Crippen molar-refractivity contribution in [3.63, 3.8) is 0 Å². The first-order valence-electron chi connectivity index (χ1n) is 11.5. The standard InChI is InChI=1S/C27H31ClN2O4/c1-32-26-15-24(28)25(29)16-27(26)33-18-21(31)17-30-13-11-20(12-14-30)19-7-9-23(10-8-19)34-22-5-3-2-4-6-22/h2-10,15-16,20-21,31H,11-14,17-18,29H2,1H3. The van der Waals surface area contributed by atoms with E-state index in [1.807, 2.05) is 42.5 Å². The average Bonchev–Trinajstić information content (AvgIpc) is 2.86. The topological polar surface area (TPSA) is 77.2 Å². The molecule has 1 unspecified atom stereocenters. The van der Waals surface area contributed by atoms with E-state index in [0.717, 1.165) is 37.4 Å². The van der Waals surface area contributed by atoms with E-state index in [0.29, 0.717) is 34.7 Å². The Hall–Kier alpha value is -2.93. The molecule has 0 aromatic heterocycles. The van der Waals surface area contributed by atoms with Crippen molar-refractivity contribution < 1.29 is 19.3 Å². The van der Waals surface area contributed by atoms with Crippen LogP contribution < -0.4 is 19.9 Å². The number of ether oxygens (including phenoxy) is 3. The molecular weight excluding hydrogens is 452 g/mol. The van der Waals surface area contributed by atoms with Crippen LogP contribution in [0.15, 0.2) is 66.7 Å². The van der Waals surface area contributed by atoms with E-state index in [4.69, 9.17) is 31.5 Å². The first-order chi connectivity index (χ1) is 16.5. The van der Waals surface area contributed by atoms with Gasteiger partial charge >= 0.3 is 0 Å². The lowest BCUT2D eigenvalue weighted by Crippen LogP contribution is -2.40. The summed E-state index contributed by atoms with van der Waals surface area (Å²) >= 11 is 6.03. The zero-order chi connectivity index (χ0) is 23.9. The van der Waals surface area contributed by atoms with Crippen LogP contribution in [-0.4, -0.2) is 49.5 Å². The van der Waals surface area contributed by atoms with Crippen molar-refractivity contribution in [2.24, 2.45) is 0 Å². The zero-order valence-electron chi connectivity index (χ0n) is 19.3. The van der Waals surface area contributed by atoms with Crippen molar-refractivity contribution >= 4 is 17.3 Å². The number of para-hydroxylation sites is 1. The lowest BCUT2D eigenvalue weighted by Gasteiger charge is -2.33. The molecule has 1 aliphatic heterocycles. The number of nitrogen functional groups attached to an aromatic ring is 1. The maximum Gasteiger partial charge on any atom is 0.163 e. The number of methoxy groups -OCH3 is 1. The number of hydrogen-bond acceptors (Lipinski definition) is 6. The first-order valence-corrected chi connectivity index (χ1v) is 11.9. The molecular formula is C27H31ClN2O4. The molecule has 0 saturated carbocycles. The smallest absolute Gasteiger partial charge is 0.163 e. The molecule has 0 spiro atoms. The molecule has 1 saturated heterocycles. The summed E-state index contributed by atoms with van der Waals surface area (Å²) in [5.41, 5.74) is 7.60. The highest BCUT2D eigenvalue weighted by Gasteiger charge is 2.23. The van der Waals surface area contributed by atoms with Crippen LogP contribution in [0.2, 0.25) is 5.02 Å². The highest BCUT2D eigenvalue weighted by molar-refractivity contribution is 6.33. The molecule has 3 aromatic carbocycles. The van der Waals surface area contributed by atoms with Crippen LogP contribution in [0, 0.1) is 0 Å². The summed E-state index contributed by atoms with van der Waals surface area (Å²) < 4.78 is 16.9. The molecule has 0 radical (unpaired) electrons. The molecule has 1 atom stereocenters. The molecule has 3 N–H and O–H groups in total. The number of benzene rings is 3. The maximum absolute atomic E-state index is 10.5. The normalized spacial score (nSPS) is 15.6. The van der Waals surface area contributed by atoms with Crippen molar-refractivity contribution in [1.82, 2.24) is 4.90 Å². The third-order valence-corrected chi connectivity index (χ3v) is 6.43. The minimum atomic E-state index is -0.618. The van der Waals surface area contributed by atoms with Crippen LogP contribution in [0.4, 0.5) is 5.69 Å². The fourth-order valence-corrected chi connectivity index (χ4v) is 4.40. The lowest BCUT2D eigenvalue weighted by molar-refractivity contribution is 0.0586. The van der Waals surface area contributed by atoms with Gasteiger partial charge in [-0.15, -0.1) is 0 Å². The molecule has 4 rings (SSSR count). The minimum Gasteiger partial charge on any atom is -0.493 e. The third-order valence-electron chi connectivity index (χ3n) is 6.10. The second-order valence-electron chi connectivity index (χ2n) is 8.55. The van der Waals surface area contributed by atoms with Crippen molar-refractivity contribution in [3.8, 4) is 23.0 Å². The quantitative estimate of drug-likeness (QED) is 0.401. The fourth-order valence-electron chi connectivity index (χ4n) is 4.24. The summed E-state index contributed by atoms with van der Waals surface area (Å²) in [5.74, 6) is 3.16. The van der Waals surface area contributed by atoms with Crippen LogP contribution in [0.25, 0.3) is 0 Å². The van der Waals surface area contributed by atoms with E-state index in [1.54, 1.807) is 19.2 Å². The minimum absolute atomic E-state index is 0.153. The van der Waals surface area contributed by atoms with E-state index < -0.39 is 6.10 Å². The number of hydrogen-bond donors (Lipinski definition) is 2. The van der Waals surface area contributed by atoms with Gasteiger partial charge in [-0.25, -0.2) is 0 Å². The highest BCUT2D eigenvalue weighted by atomic mass is 35.5.